The molecule has 0 aromatic carbocycles. The van der Waals surface area contributed by atoms with Crippen LogP contribution in [-0.4, -0.2) is 15.8 Å². The quantitative estimate of drug-likeness (QED) is 0.872. The van der Waals surface area contributed by atoms with E-state index in [9.17, 15) is 0 Å². The van der Waals surface area contributed by atoms with Gasteiger partial charge in [0.25, 0.3) is 0 Å². The Balaban J connectivity index is 2.03. The van der Waals surface area contributed by atoms with Crippen LogP contribution < -0.4 is 5.32 Å². The zero-order valence-electron chi connectivity index (χ0n) is 11.5. The van der Waals surface area contributed by atoms with Crippen LogP contribution in [0.3, 0.4) is 0 Å². The first-order valence-electron chi connectivity index (χ1n) is 6.74. The summed E-state index contributed by atoms with van der Waals surface area (Å²) in [6.45, 7) is 7.02. The molecule has 2 rings (SSSR count). The van der Waals surface area contributed by atoms with Crippen molar-refractivity contribution in [1.82, 2.24) is 15.1 Å². The summed E-state index contributed by atoms with van der Waals surface area (Å²) in [5.41, 5.74) is 1.69. The smallest absolute Gasteiger partial charge is 0.0547 e. The van der Waals surface area contributed by atoms with E-state index in [1.165, 1.54) is 31.4 Å². The molecule has 1 saturated carbocycles. The summed E-state index contributed by atoms with van der Waals surface area (Å²) in [5.74, 6) is 0. The Hall–Kier alpha value is -0.830. The summed E-state index contributed by atoms with van der Waals surface area (Å²) in [5, 5.41) is 8.04. The van der Waals surface area contributed by atoms with Gasteiger partial charge in [-0.15, -0.1) is 0 Å². The fourth-order valence-corrected chi connectivity index (χ4v) is 3.00. The maximum atomic E-state index is 4.24. The fraction of sp³-hybridized carbons (Fsp3) is 0.786. The van der Waals surface area contributed by atoms with E-state index in [1.54, 1.807) is 0 Å². The molecule has 1 N–H and O–H groups in total. The fourth-order valence-electron chi connectivity index (χ4n) is 3.00. The normalized spacial score (nSPS) is 25.8. The van der Waals surface area contributed by atoms with Crippen molar-refractivity contribution in [2.75, 3.05) is 0 Å². The second-order valence-electron chi connectivity index (χ2n) is 6.05. The molecule has 1 aliphatic carbocycles. The molecule has 96 valence electrons. The summed E-state index contributed by atoms with van der Waals surface area (Å²) >= 11 is 0. The Labute approximate surface area is 105 Å². The average molecular weight is 235 g/mol. The van der Waals surface area contributed by atoms with Crippen LogP contribution in [0.1, 0.15) is 58.2 Å². The average Bonchev–Trinajstić information content (AvgIpc) is 2.67. The van der Waals surface area contributed by atoms with E-state index in [4.69, 9.17) is 0 Å². The molecule has 0 spiro atoms. The van der Waals surface area contributed by atoms with E-state index >= 15 is 0 Å². The molecule has 0 radical (unpaired) electrons. The van der Waals surface area contributed by atoms with Crippen LogP contribution in [0.4, 0.5) is 0 Å². The number of rotatable bonds is 3. The molecule has 1 heterocycles. The Morgan fingerprint density at radius 1 is 1.47 bits per heavy atom. The van der Waals surface area contributed by atoms with Crippen molar-refractivity contribution in [2.24, 2.45) is 12.5 Å². The van der Waals surface area contributed by atoms with Gasteiger partial charge in [0.15, 0.2) is 0 Å². The summed E-state index contributed by atoms with van der Waals surface area (Å²) in [4.78, 5) is 0. The van der Waals surface area contributed by atoms with Crippen molar-refractivity contribution < 1.29 is 0 Å². The van der Waals surface area contributed by atoms with E-state index in [2.05, 4.69) is 37.3 Å². The number of hydrogen-bond acceptors (Lipinski definition) is 2. The molecule has 1 aromatic rings. The maximum Gasteiger partial charge on any atom is 0.0547 e. The lowest BCUT2D eigenvalue weighted by Gasteiger charge is -2.40. The molecule has 0 bridgehead atoms. The highest BCUT2D eigenvalue weighted by atomic mass is 15.3. The Morgan fingerprint density at radius 3 is 2.82 bits per heavy atom. The number of nitrogens with zero attached hydrogens (tertiary/aromatic N) is 2. The number of hydrogen-bond donors (Lipinski definition) is 1. The minimum Gasteiger partial charge on any atom is -0.306 e. The molecule has 2 unspecified atom stereocenters. The van der Waals surface area contributed by atoms with E-state index < -0.39 is 0 Å². The second-order valence-corrected chi connectivity index (χ2v) is 6.05. The van der Waals surface area contributed by atoms with Crippen LogP contribution in [0.2, 0.25) is 0 Å². The molecule has 1 aromatic heterocycles. The third kappa shape index (κ3) is 2.71. The summed E-state index contributed by atoms with van der Waals surface area (Å²) < 4.78 is 1.97. The minimum atomic E-state index is 0.380. The van der Waals surface area contributed by atoms with E-state index in [0.29, 0.717) is 17.5 Å². The zero-order chi connectivity index (χ0) is 12.5. The van der Waals surface area contributed by atoms with Crippen molar-refractivity contribution in [1.29, 1.82) is 0 Å². The standard InChI is InChI=1S/C14H25N3/c1-11(12-8-10-15-17(12)4)16-13-7-5-6-9-14(13,2)3/h8,10-11,13,16H,5-7,9H2,1-4H3. The molecule has 0 saturated heterocycles. The highest BCUT2D eigenvalue weighted by molar-refractivity contribution is 5.06. The first-order valence-corrected chi connectivity index (χ1v) is 6.74. The van der Waals surface area contributed by atoms with Crippen LogP contribution in [-0.2, 0) is 7.05 Å². The molecule has 1 fully saturated rings. The number of aryl methyl sites for hydroxylation is 1. The number of nitrogens with one attached hydrogen (secondary N) is 1. The van der Waals surface area contributed by atoms with Gasteiger partial charge in [0.1, 0.15) is 0 Å². The summed E-state index contributed by atoms with van der Waals surface area (Å²) in [7, 11) is 2.01. The zero-order valence-corrected chi connectivity index (χ0v) is 11.5. The molecule has 3 nitrogen and oxygen atoms in total. The van der Waals surface area contributed by atoms with Crippen molar-refractivity contribution >= 4 is 0 Å². The van der Waals surface area contributed by atoms with Crippen molar-refractivity contribution in [2.45, 2.75) is 58.5 Å². The minimum absolute atomic E-state index is 0.380. The molecule has 1 aliphatic rings. The van der Waals surface area contributed by atoms with E-state index in [-0.39, 0.29) is 0 Å². The largest absolute Gasteiger partial charge is 0.306 e. The molecular weight excluding hydrogens is 210 g/mol. The van der Waals surface area contributed by atoms with Gasteiger partial charge in [0.05, 0.1) is 5.69 Å². The van der Waals surface area contributed by atoms with Gasteiger partial charge in [0.2, 0.25) is 0 Å². The van der Waals surface area contributed by atoms with Gasteiger partial charge in [-0.05, 0) is 31.2 Å². The van der Waals surface area contributed by atoms with Crippen LogP contribution >= 0.6 is 0 Å². The molecular formula is C14H25N3. The summed E-state index contributed by atoms with van der Waals surface area (Å²) in [6.07, 6.45) is 7.25. The molecule has 17 heavy (non-hydrogen) atoms. The lowest BCUT2D eigenvalue weighted by molar-refractivity contribution is 0.156. The number of aromatic nitrogens is 2. The molecule has 0 aliphatic heterocycles. The third-order valence-corrected chi connectivity index (χ3v) is 4.26. The summed E-state index contributed by atoms with van der Waals surface area (Å²) in [6, 6.07) is 3.11. The van der Waals surface area contributed by atoms with Gasteiger partial charge in [-0.3, -0.25) is 4.68 Å². The predicted octanol–water partition coefficient (Wildman–Crippen LogP) is 3.04. The topological polar surface area (TPSA) is 29.9 Å². The van der Waals surface area contributed by atoms with Gasteiger partial charge >= 0.3 is 0 Å². The van der Waals surface area contributed by atoms with Crippen LogP contribution in [0, 0.1) is 5.41 Å². The first kappa shape index (κ1) is 12.6. The second kappa shape index (κ2) is 4.81. The SMILES string of the molecule is CC(NC1CCCCC1(C)C)c1ccnn1C. The van der Waals surface area contributed by atoms with Crippen molar-refractivity contribution in [3.63, 3.8) is 0 Å². The van der Waals surface area contributed by atoms with E-state index in [1.807, 2.05) is 17.9 Å². The Bertz CT molecular complexity index is 367. The molecule has 3 heteroatoms. The van der Waals surface area contributed by atoms with Gasteiger partial charge in [-0.1, -0.05) is 26.7 Å². The lowest BCUT2D eigenvalue weighted by Crippen LogP contribution is -2.45. The lowest BCUT2D eigenvalue weighted by atomic mass is 9.73. The maximum absolute atomic E-state index is 4.24. The van der Waals surface area contributed by atoms with Gasteiger partial charge in [0, 0.05) is 25.3 Å². The van der Waals surface area contributed by atoms with Gasteiger partial charge in [-0.2, -0.15) is 5.10 Å². The van der Waals surface area contributed by atoms with Crippen molar-refractivity contribution in [3.8, 4) is 0 Å². The molecule has 0 amide bonds. The highest BCUT2D eigenvalue weighted by Crippen LogP contribution is 2.36. The van der Waals surface area contributed by atoms with E-state index in [0.717, 1.165) is 0 Å². The van der Waals surface area contributed by atoms with Gasteiger partial charge < -0.3 is 5.32 Å². The van der Waals surface area contributed by atoms with Crippen molar-refractivity contribution in [3.05, 3.63) is 18.0 Å². The Morgan fingerprint density at radius 2 is 2.24 bits per heavy atom. The Kier molecular flexibility index (Phi) is 3.57. The van der Waals surface area contributed by atoms with Crippen LogP contribution in [0.15, 0.2) is 12.3 Å². The third-order valence-electron chi connectivity index (χ3n) is 4.26. The van der Waals surface area contributed by atoms with Gasteiger partial charge in [-0.25, -0.2) is 0 Å². The van der Waals surface area contributed by atoms with Crippen LogP contribution in [0.25, 0.3) is 0 Å². The van der Waals surface area contributed by atoms with Crippen LogP contribution in [0.5, 0.6) is 0 Å². The predicted molar refractivity (Wildman–Crippen MR) is 70.8 cm³/mol. The molecule has 2 atom stereocenters. The first-order chi connectivity index (χ1) is 8.00. The highest BCUT2D eigenvalue weighted by Gasteiger charge is 2.33. The monoisotopic (exact) mass is 235 g/mol.